The van der Waals surface area contributed by atoms with Gasteiger partial charge in [-0.1, -0.05) is 18.2 Å². The van der Waals surface area contributed by atoms with Crippen LogP contribution >= 0.6 is 0 Å². The van der Waals surface area contributed by atoms with Gasteiger partial charge in [-0.25, -0.2) is 13.1 Å². The van der Waals surface area contributed by atoms with E-state index in [0.717, 1.165) is 10.9 Å². The number of furan rings is 1. The highest BCUT2D eigenvalue weighted by molar-refractivity contribution is 7.88. The van der Waals surface area contributed by atoms with E-state index in [0.29, 0.717) is 22.6 Å². The lowest BCUT2D eigenvalue weighted by Crippen LogP contribution is -2.25. The van der Waals surface area contributed by atoms with Gasteiger partial charge in [-0.2, -0.15) is 0 Å². The van der Waals surface area contributed by atoms with Gasteiger partial charge in [0.15, 0.2) is 0 Å². The first kappa shape index (κ1) is 20.6. The van der Waals surface area contributed by atoms with Gasteiger partial charge in [0.1, 0.15) is 11.3 Å². The Balaban J connectivity index is 1.62. The van der Waals surface area contributed by atoms with Gasteiger partial charge in [0.05, 0.1) is 25.5 Å². The monoisotopic (exact) mass is 414 g/mol. The third-order valence-corrected chi connectivity index (χ3v) is 5.58. The van der Waals surface area contributed by atoms with Gasteiger partial charge in [-0.05, 0) is 29.8 Å². The molecule has 29 heavy (non-hydrogen) atoms. The average Bonchev–Trinajstić information content (AvgIpc) is 3.09. The van der Waals surface area contributed by atoms with E-state index in [-0.39, 0.29) is 24.6 Å². The Hall–Kier alpha value is -3.10. The number of hydrogen-bond acceptors (Lipinski definition) is 5. The summed E-state index contributed by atoms with van der Waals surface area (Å²) in [5.74, 6) is 0.348. The van der Waals surface area contributed by atoms with Crippen LogP contribution in [0.5, 0.6) is 5.75 Å². The molecule has 7 nitrogen and oxygen atoms in total. The molecule has 0 saturated carbocycles. The molecular formula is C21H22N2O5S. The third kappa shape index (κ3) is 5.46. The smallest absolute Gasteiger partial charge is 0.228 e. The molecule has 8 heteroatoms. The molecule has 0 bridgehead atoms. The zero-order chi connectivity index (χ0) is 20.9. The molecule has 3 rings (SSSR count). The molecule has 0 saturated heterocycles. The van der Waals surface area contributed by atoms with Crippen LogP contribution in [-0.4, -0.2) is 28.0 Å². The predicted octanol–water partition coefficient (Wildman–Crippen LogP) is 3.23. The lowest BCUT2D eigenvalue weighted by Gasteiger charge is -2.07. The molecule has 0 aliphatic rings. The Morgan fingerprint density at radius 2 is 1.97 bits per heavy atom. The Labute approximate surface area is 169 Å². The van der Waals surface area contributed by atoms with Gasteiger partial charge >= 0.3 is 0 Å². The SMILES string of the molecule is C=CCNS(=O)(=O)Cc1ccc(NC(=O)Cc2coc3cc(OC)ccc23)cc1. The maximum Gasteiger partial charge on any atom is 0.228 e. The molecule has 2 aromatic carbocycles. The largest absolute Gasteiger partial charge is 0.497 e. The lowest BCUT2D eigenvalue weighted by atomic mass is 10.1. The van der Waals surface area contributed by atoms with Crippen molar-refractivity contribution in [1.29, 1.82) is 0 Å². The predicted molar refractivity (Wildman–Crippen MR) is 112 cm³/mol. The summed E-state index contributed by atoms with van der Waals surface area (Å²) in [6.07, 6.45) is 3.20. The van der Waals surface area contributed by atoms with Gasteiger partial charge in [-0.15, -0.1) is 6.58 Å². The van der Waals surface area contributed by atoms with E-state index in [1.165, 1.54) is 6.08 Å². The minimum absolute atomic E-state index is 0.139. The highest BCUT2D eigenvalue weighted by Gasteiger charge is 2.13. The number of anilines is 1. The first-order valence-corrected chi connectivity index (χ1v) is 10.6. The van der Waals surface area contributed by atoms with Crippen molar-refractivity contribution in [2.75, 3.05) is 19.0 Å². The van der Waals surface area contributed by atoms with Crippen molar-refractivity contribution >= 4 is 32.6 Å². The lowest BCUT2D eigenvalue weighted by molar-refractivity contribution is -0.115. The minimum atomic E-state index is -3.42. The summed E-state index contributed by atoms with van der Waals surface area (Å²) in [4.78, 5) is 12.4. The second kappa shape index (κ2) is 8.93. The number of ether oxygens (including phenoxy) is 1. The van der Waals surface area contributed by atoms with E-state index in [1.807, 2.05) is 12.1 Å². The number of amides is 1. The fourth-order valence-corrected chi connectivity index (χ4v) is 3.95. The topological polar surface area (TPSA) is 97.6 Å². The summed E-state index contributed by atoms with van der Waals surface area (Å²) < 4.78 is 36.9. The molecule has 1 heterocycles. The molecule has 1 aromatic heterocycles. The third-order valence-electron chi connectivity index (χ3n) is 4.26. The molecule has 0 atom stereocenters. The quantitative estimate of drug-likeness (QED) is 0.524. The first-order valence-electron chi connectivity index (χ1n) is 8.91. The number of nitrogens with one attached hydrogen (secondary N) is 2. The maximum absolute atomic E-state index is 12.4. The van der Waals surface area contributed by atoms with Crippen LogP contribution in [0.25, 0.3) is 11.0 Å². The second-order valence-corrected chi connectivity index (χ2v) is 8.25. The number of hydrogen-bond donors (Lipinski definition) is 2. The first-order chi connectivity index (χ1) is 13.9. The summed E-state index contributed by atoms with van der Waals surface area (Å²) in [6, 6.07) is 12.1. The zero-order valence-electron chi connectivity index (χ0n) is 16.0. The number of benzene rings is 2. The zero-order valence-corrected chi connectivity index (χ0v) is 16.8. The molecule has 0 aliphatic heterocycles. The summed E-state index contributed by atoms with van der Waals surface area (Å²) in [5.41, 5.74) is 2.64. The molecule has 0 spiro atoms. The molecule has 0 unspecified atom stereocenters. The fraction of sp³-hybridized carbons (Fsp3) is 0.190. The molecule has 0 fully saturated rings. The normalized spacial score (nSPS) is 11.3. The Kier molecular flexibility index (Phi) is 6.36. The fourth-order valence-electron chi connectivity index (χ4n) is 2.85. The van der Waals surface area contributed by atoms with Gasteiger partial charge in [-0.3, -0.25) is 4.79 Å². The van der Waals surface area contributed by atoms with E-state index in [1.54, 1.807) is 43.7 Å². The van der Waals surface area contributed by atoms with Crippen LogP contribution in [-0.2, 0) is 27.0 Å². The van der Waals surface area contributed by atoms with Crippen LogP contribution < -0.4 is 14.8 Å². The highest BCUT2D eigenvalue weighted by Crippen LogP contribution is 2.26. The van der Waals surface area contributed by atoms with Crippen molar-refractivity contribution in [3.63, 3.8) is 0 Å². The van der Waals surface area contributed by atoms with Crippen molar-refractivity contribution in [3.8, 4) is 5.75 Å². The van der Waals surface area contributed by atoms with Crippen molar-refractivity contribution in [3.05, 3.63) is 72.5 Å². The number of sulfonamides is 1. The van der Waals surface area contributed by atoms with Crippen LogP contribution in [0.3, 0.4) is 0 Å². The molecule has 2 N–H and O–H groups in total. The summed E-state index contributed by atoms with van der Waals surface area (Å²) in [5, 5.41) is 3.66. The van der Waals surface area contributed by atoms with Crippen molar-refractivity contribution in [1.82, 2.24) is 4.72 Å². The molecule has 1 amide bonds. The summed E-state index contributed by atoms with van der Waals surface area (Å²) >= 11 is 0. The Bertz CT molecular complexity index is 1120. The Morgan fingerprint density at radius 1 is 1.21 bits per heavy atom. The molecule has 3 aromatic rings. The van der Waals surface area contributed by atoms with Crippen LogP contribution in [0, 0.1) is 0 Å². The van der Waals surface area contributed by atoms with E-state index in [9.17, 15) is 13.2 Å². The average molecular weight is 414 g/mol. The second-order valence-electron chi connectivity index (χ2n) is 6.44. The molecular weight excluding hydrogens is 392 g/mol. The van der Waals surface area contributed by atoms with Gasteiger partial charge in [0.2, 0.25) is 15.9 Å². The van der Waals surface area contributed by atoms with Crippen LogP contribution in [0.4, 0.5) is 5.69 Å². The van der Waals surface area contributed by atoms with Crippen molar-refractivity contribution in [2.45, 2.75) is 12.2 Å². The number of fused-ring (bicyclic) bond motifs is 1. The van der Waals surface area contributed by atoms with E-state index >= 15 is 0 Å². The van der Waals surface area contributed by atoms with Gasteiger partial charge in [0, 0.05) is 29.2 Å². The van der Waals surface area contributed by atoms with Crippen LogP contribution in [0.15, 0.2) is 65.8 Å². The Morgan fingerprint density at radius 3 is 2.66 bits per heavy atom. The number of carbonyl (C=O) groups is 1. The number of rotatable bonds is 9. The van der Waals surface area contributed by atoms with Gasteiger partial charge < -0.3 is 14.5 Å². The van der Waals surface area contributed by atoms with E-state index < -0.39 is 10.0 Å². The van der Waals surface area contributed by atoms with Crippen LogP contribution in [0.1, 0.15) is 11.1 Å². The summed E-state index contributed by atoms with van der Waals surface area (Å²) in [6.45, 7) is 3.67. The minimum Gasteiger partial charge on any atom is -0.497 e. The standard InChI is InChI=1S/C21H22N2O5S/c1-3-10-22-29(25,26)14-15-4-6-17(7-5-15)23-21(24)11-16-13-28-20-12-18(27-2)8-9-19(16)20/h3-9,12-13,22H,1,10-11,14H2,2H3,(H,23,24). The number of methoxy groups -OCH3 is 1. The molecule has 0 radical (unpaired) electrons. The van der Waals surface area contributed by atoms with Crippen LogP contribution in [0.2, 0.25) is 0 Å². The maximum atomic E-state index is 12.4. The highest BCUT2D eigenvalue weighted by atomic mass is 32.2. The number of carbonyl (C=O) groups excluding carboxylic acids is 1. The van der Waals surface area contributed by atoms with Gasteiger partial charge in [0.25, 0.3) is 0 Å². The van der Waals surface area contributed by atoms with E-state index in [4.69, 9.17) is 9.15 Å². The molecule has 152 valence electrons. The van der Waals surface area contributed by atoms with Crippen molar-refractivity contribution < 1.29 is 22.4 Å². The van der Waals surface area contributed by atoms with Crippen molar-refractivity contribution in [2.24, 2.45) is 0 Å². The summed E-state index contributed by atoms with van der Waals surface area (Å²) in [7, 11) is -1.84. The molecule has 0 aliphatic carbocycles. The van der Waals surface area contributed by atoms with E-state index in [2.05, 4.69) is 16.6 Å².